The van der Waals surface area contributed by atoms with Gasteiger partial charge in [-0.3, -0.25) is 9.59 Å². The molecule has 124 valence electrons. The van der Waals surface area contributed by atoms with Gasteiger partial charge in [-0.2, -0.15) is 0 Å². The predicted octanol–water partition coefficient (Wildman–Crippen LogP) is 2.68. The predicted molar refractivity (Wildman–Crippen MR) is 86.4 cm³/mol. The molecule has 23 heavy (non-hydrogen) atoms. The van der Waals surface area contributed by atoms with E-state index in [9.17, 15) is 19.5 Å². The van der Waals surface area contributed by atoms with Crippen LogP contribution >= 0.6 is 0 Å². The number of aryl methyl sites for hydroxylation is 1. The molecule has 0 aromatic heterocycles. The molecule has 1 amide bonds. The highest BCUT2D eigenvalue weighted by Gasteiger charge is 2.31. The SMILES string of the molecule is CCc1ccc(C(=O)CCC(=O)N2CCCC[C@@H]2C(=O)O)cc1. The minimum Gasteiger partial charge on any atom is -0.480 e. The van der Waals surface area contributed by atoms with Crippen molar-refractivity contribution in [3.8, 4) is 0 Å². The third-order valence-corrected chi connectivity index (χ3v) is 4.36. The van der Waals surface area contributed by atoms with Crippen molar-refractivity contribution in [2.45, 2.75) is 51.5 Å². The highest BCUT2D eigenvalue weighted by molar-refractivity contribution is 5.98. The van der Waals surface area contributed by atoms with Crippen LogP contribution in [0.25, 0.3) is 0 Å². The van der Waals surface area contributed by atoms with E-state index in [2.05, 4.69) is 0 Å². The van der Waals surface area contributed by atoms with Crippen molar-refractivity contribution in [2.24, 2.45) is 0 Å². The Morgan fingerprint density at radius 2 is 1.83 bits per heavy atom. The van der Waals surface area contributed by atoms with Gasteiger partial charge in [0.05, 0.1) is 0 Å². The number of aliphatic carboxylic acids is 1. The molecule has 1 aromatic rings. The van der Waals surface area contributed by atoms with Crippen LogP contribution in [0.2, 0.25) is 0 Å². The summed E-state index contributed by atoms with van der Waals surface area (Å²) in [7, 11) is 0. The van der Waals surface area contributed by atoms with Gasteiger partial charge in [0, 0.05) is 24.9 Å². The summed E-state index contributed by atoms with van der Waals surface area (Å²) in [6.07, 6.45) is 3.24. The first-order valence-electron chi connectivity index (χ1n) is 8.17. The number of carboxylic acid groups (broad SMARTS) is 1. The first kappa shape index (κ1) is 17.2. The second-order valence-electron chi connectivity index (χ2n) is 5.91. The Hall–Kier alpha value is -2.17. The number of amides is 1. The minimum atomic E-state index is -0.959. The van der Waals surface area contributed by atoms with Crippen molar-refractivity contribution in [3.63, 3.8) is 0 Å². The normalized spacial score (nSPS) is 17.8. The Balaban J connectivity index is 1.92. The van der Waals surface area contributed by atoms with Gasteiger partial charge in [-0.1, -0.05) is 31.2 Å². The molecule has 0 bridgehead atoms. The molecule has 1 aliphatic rings. The molecule has 1 saturated heterocycles. The summed E-state index contributed by atoms with van der Waals surface area (Å²) in [4.78, 5) is 37.1. The van der Waals surface area contributed by atoms with Crippen LogP contribution in [0.3, 0.4) is 0 Å². The van der Waals surface area contributed by atoms with Crippen LogP contribution in [-0.2, 0) is 16.0 Å². The summed E-state index contributed by atoms with van der Waals surface area (Å²) in [5.74, 6) is -1.28. The number of hydrogen-bond donors (Lipinski definition) is 1. The van der Waals surface area contributed by atoms with Crippen LogP contribution in [0.4, 0.5) is 0 Å². The molecule has 0 spiro atoms. The number of carboxylic acids is 1. The van der Waals surface area contributed by atoms with E-state index >= 15 is 0 Å². The summed E-state index contributed by atoms with van der Waals surface area (Å²) < 4.78 is 0. The molecule has 1 aliphatic heterocycles. The number of hydrogen-bond acceptors (Lipinski definition) is 3. The lowest BCUT2D eigenvalue weighted by Crippen LogP contribution is -2.48. The standard InChI is InChI=1S/C18H23NO4/c1-2-13-6-8-14(9-7-13)16(20)10-11-17(21)19-12-4-3-5-15(19)18(22)23/h6-9,15H,2-5,10-12H2,1H3,(H,22,23)/t15-/m1/s1. The monoisotopic (exact) mass is 317 g/mol. The van der Waals surface area contributed by atoms with E-state index in [4.69, 9.17) is 0 Å². The molecule has 1 atom stereocenters. The van der Waals surface area contributed by atoms with Crippen LogP contribution in [0.1, 0.15) is 54.9 Å². The molecular weight excluding hydrogens is 294 g/mol. The van der Waals surface area contributed by atoms with Gasteiger partial charge in [0.2, 0.25) is 5.91 Å². The highest BCUT2D eigenvalue weighted by Crippen LogP contribution is 2.19. The molecule has 2 rings (SSSR count). The average molecular weight is 317 g/mol. The Morgan fingerprint density at radius 3 is 2.43 bits per heavy atom. The fourth-order valence-electron chi connectivity index (χ4n) is 2.92. The van der Waals surface area contributed by atoms with Crippen molar-refractivity contribution in [1.29, 1.82) is 0 Å². The van der Waals surface area contributed by atoms with Crippen molar-refractivity contribution in [2.75, 3.05) is 6.54 Å². The van der Waals surface area contributed by atoms with E-state index in [-0.39, 0.29) is 24.5 Å². The van der Waals surface area contributed by atoms with E-state index in [0.29, 0.717) is 18.5 Å². The highest BCUT2D eigenvalue weighted by atomic mass is 16.4. The Bertz CT molecular complexity index is 579. The maximum absolute atomic E-state index is 12.3. The van der Waals surface area contributed by atoms with Crippen molar-refractivity contribution >= 4 is 17.7 Å². The minimum absolute atomic E-state index is 0.0676. The Kier molecular flexibility index (Phi) is 5.90. The van der Waals surface area contributed by atoms with Crippen LogP contribution in [-0.4, -0.2) is 40.3 Å². The van der Waals surface area contributed by atoms with Crippen LogP contribution < -0.4 is 0 Å². The summed E-state index contributed by atoms with van der Waals surface area (Å²) in [6, 6.07) is 6.66. The molecule has 1 heterocycles. The molecule has 0 radical (unpaired) electrons. The van der Waals surface area contributed by atoms with Gasteiger partial charge in [0.15, 0.2) is 5.78 Å². The molecular formula is C18H23NO4. The molecule has 5 heteroatoms. The number of rotatable bonds is 6. The number of carbonyl (C=O) groups is 3. The number of carbonyl (C=O) groups excluding carboxylic acids is 2. The summed E-state index contributed by atoms with van der Waals surface area (Å²) in [6.45, 7) is 2.52. The first-order valence-corrected chi connectivity index (χ1v) is 8.17. The zero-order valence-corrected chi connectivity index (χ0v) is 13.5. The maximum atomic E-state index is 12.3. The summed E-state index contributed by atoms with van der Waals surface area (Å²) >= 11 is 0. The van der Waals surface area contributed by atoms with Crippen molar-refractivity contribution < 1.29 is 19.5 Å². The average Bonchev–Trinajstić information content (AvgIpc) is 2.59. The van der Waals surface area contributed by atoms with Gasteiger partial charge in [-0.15, -0.1) is 0 Å². The topological polar surface area (TPSA) is 74.7 Å². The number of piperidine rings is 1. The molecule has 5 nitrogen and oxygen atoms in total. The zero-order valence-electron chi connectivity index (χ0n) is 13.5. The molecule has 1 fully saturated rings. The fourth-order valence-corrected chi connectivity index (χ4v) is 2.92. The molecule has 0 saturated carbocycles. The van der Waals surface area contributed by atoms with E-state index in [1.807, 2.05) is 19.1 Å². The number of benzene rings is 1. The number of likely N-dealkylation sites (tertiary alicyclic amines) is 1. The largest absolute Gasteiger partial charge is 0.480 e. The second kappa shape index (κ2) is 7.90. The lowest BCUT2D eigenvalue weighted by Gasteiger charge is -2.33. The van der Waals surface area contributed by atoms with Gasteiger partial charge in [0.25, 0.3) is 0 Å². The van der Waals surface area contributed by atoms with Crippen molar-refractivity contribution in [1.82, 2.24) is 4.90 Å². The zero-order chi connectivity index (χ0) is 16.8. The van der Waals surface area contributed by atoms with E-state index in [1.165, 1.54) is 4.90 Å². The third-order valence-electron chi connectivity index (χ3n) is 4.36. The third kappa shape index (κ3) is 4.41. The lowest BCUT2D eigenvalue weighted by molar-refractivity contribution is -0.152. The summed E-state index contributed by atoms with van der Waals surface area (Å²) in [5.41, 5.74) is 1.76. The summed E-state index contributed by atoms with van der Waals surface area (Å²) in [5, 5.41) is 9.20. The Labute approximate surface area is 136 Å². The fraction of sp³-hybridized carbons (Fsp3) is 0.500. The van der Waals surface area contributed by atoms with Gasteiger partial charge in [-0.25, -0.2) is 4.79 Å². The van der Waals surface area contributed by atoms with Crippen LogP contribution in [0.15, 0.2) is 24.3 Å². The number of nitrogens with zero attached hydrogens (tertiary/aromatic N) is 1. The van der Waals surface area contributed by atoms with E-state index < -0.39 is 12.0 Å². The maximum Gasteiger partial charge on any atom is 0.326 e. The molecule has 1 aromatic carbocycles. The van der Waals surface area contributed by atoms with Crippen molar-refractivity contribution in [3.05, 3.63) is 35.4 Å². The molecule has 0 unspecified atom stereocenters. The van der Waals surface area contributed by atoms with Gasteiger partial charge >= 0.3 is 5.97 Å². The number of ketones is 1. The molecule has 0 aliphatic carbocycles. The quantitative estimate of drug-likeness (QED) is 0.819. The van der Waals surface area contributed by atoms with E-state index in [1.54, 1.807) is 12.1 Å². The van der Waals surface area contributed by atoms with Gasteiger partial charge in [0.1, 0.15) is 6.04 Å². The number of Topliss-reactive ketones (excluding diaryl/α,β-unsaturated/α-hetero) is 1. The molecule has 1 N–H and O–H groups in total. The van der Waals surface area contributed by atoms with Crippen LogP contribution in [0.5, 0.6) is 0 Å². The van der Waals surface area contributed by atoms with Gasteiger partial charge in [-0.05, 0) is 31.2 Å². The second-order valence-corrected chi connectivity index (χ2v) is 5.91. The smallest absolute Gasteiger partial charge is 0.326 e. The van der Waals surface area contributed by atoms with Gasteiger partial charge < -0.3 is 10.0 Å². The Morgan fingerprint density at radius 1 is 1.13 bits per heavy atom. The lowest BCUT2D eigenvalue weighted by atomic mass is 10.00. The van der Waals surface area contributed by atoms with E-state index in [0.717, 1.165) is 24.8 Å². The van der Waals surface area contributed by atoms with Crippen LogP contribution in [0, 0.1) is 0 Å². The first-order chi connectivity index (χ1) is 11.0.